The van der Waals surface area contributed by atoms with Gasteiger partial charge in [0.05, 0.1) is 6.61 Å². The van der Waals surface area contributed by atoms with E-state index in [2.05, 4.69) is 17.4 Å². The number of benzene rings is 2. The van der Waals surface area contributed by atoms with Crippen molar-refractivity contribution in [2.24, 2.45) is 0 Å². The van der Waals surface area contributed by atoms with Crippen molar-refractivity contribution in [3.8, 4) is 5.75 Å². The molecule has 4 heteroatoms. The summed E-state index contributed by atoms with van der Waals surface area (Å²) in [4.78, 5) is 0. The summed E-state index contributed by atoms with van der Waals surface area (Å²) in [5, 5.41) is 3.45. The lowest BCUT2D eigenvalue weighted by atomic mass is 9.94. The van der Waals surface area contributed by atoms with Crippen LogP contribution in [0.3, 0.4) is 0 Å². The highest BCUT2D eigenvalue weighted by Gasteiger charge is 2.41. The topological polar surface area (TPSA) is 39.7 Å². The Morgan fingerprint density at radius 2 is 1.73 bits per heavy atom. The number of hydrogen-bond donors (Lipinski definition) is 1. The molecular weight excluding hydrogens is 326 g/mol. The number of ether oxygens (including phenoxy) is 3. The monoisotopic (exact) mass is 353 g/mol. The number of nitrogens with one attached hydrogen (secondary N) is 1. The lowest BCUT2D eigenvalue weighted by Gasteiger charge is -2.31. The van der Waals surface area contributed by atoms with Gasteiger partial charge in [0.1, 0.15) is 18.5 Å². The van der Waals surface area contributed by atoms with E-state index in [1.54, 1.807) is 0 Å². The van der Waals surface area contributed by atoms with E-state index in [-0.39, 0.29) is 11.9 Å². The quantitative estimate of drug-likeness (QED) is 0.813. The van der Waals surface area contributed by atoms with Crippen LogP contribution in [-0.4, -0.2) is 25.0 Å². The summed E-state index contributed by atoms with van der Waals surface area (Å²) in [5.41, 5.74) is 2.25. The van der Waals surface area contributed by atoms with Gasteiger partial charge in [0.25, 0.3) is 0 Å². The third-order valence-corrected chi connectivity index (χ3v) is 5.17. The smallest absolute Gasteiger partial charge is 0.168 e. The molecule has 1 atom stereocenters. The van der Waals surface area contributed by atoms with E-state index in [0.29, 0.717) is 13.2 Å². The van der Waals surface area contributed by atoms with Gasteiger partial charge in [-0.25, -0.2) is 0 Å². The predicted octanol–water partition coefficient (Wildman–Crippen LogP) is 4.75. The van der Waals surface area contributed by atoms with Gasteiger partial charge in [0.2, 0.25) is 0 Å². The highest BCUT2D eigenvalue weighted by Crippen LogP contribution is 2.37. The first-order chi connectivity index (χ1) is 12.8. The standard InChI is InChI=1S/C22H27NO3/c1-3-7-18(8-4-1)16-24-20-11-9-19(10-12-20)23-15-21-17-25-22(26-21)13-5-2-6-14-22/h1,3-4,7-12,21,23H,2,5-6,13-17H2/t21-/m1/s1. The number of rotatable bonds is 6. The largest absolute Gasteiger partial charge is 0.489 e. The molecule has 1 saturated carbocycles. The van der Waals surface area contributed by atoms with E-state index >= 15 is 0 Å². The van der Waals surface area contributed by atoms with Gasteiger partial charge >= 0.3 is 0 Å². The second-order valence-corrected chi connectivity index (χ2v) is 7.20. The zero-order valence-corrected chi connectivity index (χ0v) is 15.2. The minimum absolute atomic E-state index is 0.127. The van der Waals surface area contributed by atoms with Crippen LogP contribution in [0, 0.1) is 0 Å². The van der Waals surface area contributed by atoms with Crippen molar-refractivity contribution >= 4 is 5.69 Å². The summed E-state index contributed by atoms with van der Waals surface area (Å²) >= 11 is 0. The summed E-state index contributed by atoms with van der Waals surface area (Å²) < 4.78 is 18.0. The van der Waals surface area contributed by atoms with Crippen LogP contribution in [-0.2, 0) is 16.1 Å². The molecule has 2 aromatic carbocycles. The molecule has 1 spiro atoms. The zero-order valence-electron chi connectivity index (χ0n) is 15.2. The van der Waals surface area contributed by atoms with Crippen LogP contribution in [0.4, 0.5) is 5.69 Å². The highest BCUT2D eigenvalue weighted by atomic mass is 16.7. The van der Waals surface area contributed by atoms with Crippen LogP contribution in [0.15, 0.2) is 54.6 Å². The third-order valence-electron chi connectivity index (χ3n) is 5.17. The number of anilines is 1. The van der Waals surface area contributed by atoms with Gasteiger partial charge in [-0.3, -0.25) is 0 Å². The van der Waals surface area contributed by atoms with Crippen molar-refractivity contribution < 1.29 is 14.2 Å². The van der Waals surface area contributed by atoms with Gasteiger partial charge in [-0.2, -0.15) is 0 Å². The normalized spacial score (nSPS) is 21.6. The van der Waals surface area contributed by atoms with Crippen molar-refractivity contribution in [3.05, 3.63) is 60.2 Å². The summed E-state index contributed by atoms with van der Waals surface area (Å²) in [7, 11) is 0. The molecule has 1 N–H and O–H groups in total. The zero-order chi connectivity index (χ0) is 17.7. The molecule has 2 fully saturated rings. The summed E-state index contributed by atoms with van der Waals surface area (Å²) in [5.74, 6) is 0.584. The van der Waals surface area contributed by atoms with Gasteiger partial charge in [-0.05, 0) is 42.7 Å². The van der Waals surface area contributed by atoms with Gasteiger partial charge in [0, 0.05) is 25.1 Å². The Morgan fingerprint density at radius 1 is 0.962 bits per heavy atom. The molecule has 2 aromatic rings. The first kappa shape index (κ1) is 17.4. The average Bonchev–Trinajstić information content (AvgIpc) is 3.09. The summed E-state index contributed by atoms with van der Waals surface area (Å²) in [6.07, 6.45) is 5.93. The SMILES string of the molecule is c1ccc(COc2ccc(NC[C@@H]3COC4(CCCCC4)O3)cc2)cc1. The third kappa shape index (κ3) is 4.37. The van der Waals surface area contributed by atoms with Crippen LogP contribution in [0.5, 0.6) is 5.75 Å². The van der Waals surface area contributed by atoms with Crippen LogP contribution in [0.1, 0.15) is 37.7 Å². The molecule has 1 aliphatic heterocycles. The number of hydrogen-bond acceptors (Lipinski definition) is 4. The van der Waals surface area contributed by atoms with Crippen LogP contribution < -0.4 is 10.1 Å². The van der Waals surface area contributed by atoms with E-state index in [9.17, 15) is 0 Å². The lowest BCUT2D eigenvalue weighted by molar-refractivity contribution is -0.185. The Balaban J connectivity index is 1.23. The Hall–Kier alpha value is -2.04. The highest BCUT2D eigenvalue weighted by molar-refractivity contribution is 5.46. The van der Waals surface area contributed by atoms with Gasteiger partial charge in [-0.15, -0.1) is 0 Å². The summed E-state index contributed by atoms with van der Waals surface area (Å²) in [6.45, 7) is 2.04. The Bertz CT molecular complexity index is 680. The minimum atomic E-state index is -0.292. The second-order valence-electron chi connectivity index (χ2n) is 7.20. The van der Waals surface area contributed by atoms with Gasteiger partial charge in [-0.1, -0.05) is 36.8 Å². The molecule has 0 unspecified atom stereocenters. The molecular formula is C22H27NO3. The van der Waals surface area contributed by atoms with Crippen LogP contribution in [0.2, 0.25) is 0 Å². The van der Waals surface area contributed by atoms with Crippen molar-refractivity contribution in [2.45, 2.75) is 50.6 Å². The fraction of sp³-hybridized carbons (Fsp3) is 0.455. The lowest BCUT2D eigenvalue weighted by Crippen LogP contribution is -2.34. The molecule has 0 bridgehead atoms. The van der Waals surface area contributed by atoms with Crippen molar-refractivity contribution in [1.29, 1.82) is 0 Å². The fourth-order valence-electron chi connectivity index (χ4n) is 3.71. The van der Waals surface area contributed by atoms with Crippen molar-refractivity contribution in [2.75, 3.05) is 18.5 Å². The van der Waals surface area contributed by atoms with E-state index in [0.717, 1.165) is 30.8 Å². The molecule has 0 radical (unpaired) electrons. The Kier molecular flexibility index (Phi) is 5.42. The average molecular weight is 353 g/mol. The van der Waals surface area contributed by atoms with E-state index in [1.165, 1.54) is 24.8 Å². The minimum Gasteiger partial charge on any atom is -0.489 e. The Morgan fingerprint density at radius 3 is 2.50 bits per heavy atom. The molecule has 1 heterocycles. The molecule has 0 aromatic heterocycles. The first-order valence-electron chi connectivity index (χ1n) is 9.64. The molecule has 1 saturated heterocycles. The molecule has 2 aliphatic rings. The van der Waals surface area contributed by atoms with Gasteiger partial charge in [0.15, 0.2) is 5.79 Å². The molecule has 26 heavy (non-hydrogen) atoms. The predicted molar refractivity (Wildman–Crippen MR) is 102 cm³/mol. The molecule has 1 aliphatic carbocycles. The van der Waals surface area contributed by atoms with E-state index in [1.807, 2.05) is 42.5 Å². The van der Waals surface area contributed by atoms with Crippen molar-refractivity contribution in [1.82, 2.24) is 0 Å². The maximum absolute atomic E-state index is 6.21. The molecule has 0 amide bonds. The molecule has 138 valence electrons. The fourth-order valence-corrected chi connectivity index (χ4v) is 3.71. The molecule has 4 rings (SSSR count). The maximum Gasteiger partial charge on any atom is 0.168 e. The summed E-state index contributed by atoms with van der Waals surface area (Å²) in [6, 6.07) is 18.3. The maximum atomic E-state index is 6.21. The van der Waals surface area contributed by atoms with E-state index in [4.69, 9.17) is 14.2 Å². The first-order valence-corrected chi connectivity index (χ1v) is 9.64. The second kappa shape index (κ2) is 8.11. The van der Waals surface area contributed by atoms with Gasteiger partial charge < -0.3 is 19.5 Å². The van der Waals surface area contributed by atoms with Crippen LogP contribution in [0.25, 0.3) is 0 Å². The molecule has 4 nitrogen and oxygen atoms in total. The van der Waals surface area contributed by atoms with Crippen molar-refractivity contribution in [3.63, 3.8) is 0 Å². The van der Waals surface area contributed by atoms with Crippen LogP contribution >= 0.6 is 0 Å². The Labute approximate surface area is 155 Å². The van der Waals surface area contributed by atoms with E-state index < -0.39 is 0 Å².